The van der Waals surface area contributed by atoms with Crippen LogP contribution in [0.1, 0.15) is 12.8 Å². The van der Waals surface area contributed by atoms with Crippen LogP contribution in [0.2, 0.25) is 0 Å². The highest BCUT2D eigenvalue weighted by molar-refractivity contribution is 5.86. The highest BCUT2D eigenvalue weighted by Gasteiger charge is 2.36. The van der Waals surface area contributed by atoms with Crippen LogP contribution in [0.25, 0.3) is 0 Å². The van der Waals surface area contributed by atoms with E-state index in [-0.39, 0.29) is 12.5 Å². The van der Waals surface area contributed by atoms with Gasteiger partial charge in [0.25, 0.3) is 0 Å². The molecule has 1 fully saturated rings. The number of carbonyl (C=O) groups is 2. The molecule has 0 spiro atoms. The predicted molar refractivity (Wildman–Crippen MR) is 58.4 cm³/mol. The number of hydrogen-bond donors (Lipinski definition) is 3. The summed E-state index contributed by atoms with van der Waals surface area (Å²) in [7, 11) is 1.28. The van der Waals surface area contributed by atoms with E-state index < -0.39 is 17.6 Å². The van der Waals surface area contributed by atoms with Crippen LogP contribution in [0.3, 0.4) is 0 Å². The Hall–Kier alpha value is -1.18. The van der Waals surface area contributed by atoms with Crippen molar-refractivity contribution in [2.45, 2.75) is 24.5 Å². The van der Waals surface area contributed by atoms with Crippen molar-refractivity contribution in [1.82, 2.24) is 5.32 Å². The van der Waals surface area contributed by atoms with Crippen molar-refractivity contribution in [3.63, 3.8) is 0 Å². The minimum atomic E-state index is -1.12. The van der Waals surface area contributed by atoms with Gasteiger partial charge in [-0.2, -0.15) is 0 Å². The molecular weight excluding hydrogens is 228 g/mol. The van der Waals surface area contributed by atoms with Crippen LogP contribution in [-0.2, 0) is 19.1 Å². The molecule has 0 saturated carbocycles. The number of amides is 1. The van der Waals surface area contributed by atoms with Crippen LogP contribution < -0.4 is 11.1 Å². The first-order valence-corrected chi connectivity index (χ1v) is 5.40. The minimum Gasteiger partial charge on any atom is -0.479 e. The summed E-state index contributed by atoms with van der Waals surface area (Å²) < 4.78 is 9.82. The highest BCUT2D eigenvalue weighted by atomic mass is 16.5. The molecule has 4 N–H and O–H groups in total. The van der Waals surface area contributed by atoms with E-state index in [0.29, 0.717) is 26.1 Å². The Labute approximate surface area is 99.3 Å². The van der Waals surface area contributed by atoms with E-state index in [1.54, 1.807) is 0 Å². The summed E-state index contributed by atoms with van der Waals surface area (Å²) in [4.78, 5) is 22.5. The molecule has 7 nitrogen and oxygen atoms in total. The Morgan fingerprint density at radius 2 is 2.12 bits per heavy atom. The lowest BCUT2D eigenvalue weighted by Crippen LogP contribution is -2.58. The molecule has 98 valence electrons. The van der Waals surface area contributed by atoms with Gasteiger partial charge in [0.1, 0.15) is 0 Å². The van der Waals surface area contributed by atoms with Crippen molar-refractivity contribution in [3.8, 4) is 0 Å². The summed E-state index contributed by atoms with van der Waals surface area (Å²) in [5, 5.41) is 11.2. The SMILES string of the molecule is COC(CNC(=O)C1(N)CCOCC1)C(=O)O. The highest BCUT2D eigenvalue weighted by Crippen LogP contribution is 2.17. The van der Waals surface area contributed by atoms with E-state index in [2.05, 4.69) is 5.32 Å². The number of hydrogen-bond acceptors (Lipinski definition) is 5. The zero-order valence-corrected chi connectivity index (χ0v) is 9.77. The second kappa shape index (κ2) is 5.95. The largest absolute Gasteiger partial charge is 0.479 e. The van der Waals surface area contributed by atoms with Gasteiger partial charge in [0.05, 0.1) is 12.1 Å². The number of nitrogens with two attached hydrogens (primary N) is 1. The van der Waals surface area contributed by atoms with Crippen molar-refractivity contribution in [1.29, 1.82) is 0 Å². The Morgan fingerprint density at radius 1 is 1.53 bits per heavy atom. The normalized spacial score (nSPS) is 20.6. The Morgan fingerprint density at radius 3 is 2.59 bits per heavy atom. The summed E-state index contributed by atoms with van der Waals surface area (Å²) in [5.41, 5.74) is 4.96. The summed E-state index contributed by atoms with van der Waals surface area (Å²) in [6, 6.07) is 0. The first-order valence-electron chi connectivity index (χ1n) is 5.40. The zero-order valence-electron chi connectivity index (χ0n) is 9.77. The van der Waals surface area contributed by atoms with Gasteiger partial charge in [0.2, 0.25) is 5.91 Å². The molecule has 0 aromatic carbocycles. The Kier molecular flexibility index (Phi) is 4.86. The smallest absolute Gasteiger partial charge is 0.334 e. The van der Waals surface area contributed by atoms with Gasteiger partial charge < -0.3 is 25.6 Å². The van der Waals surface area contributed by atoms with Crippen LogP contribution in [0.5, 0.6) is 0 Å². The van der Waals surface area contributed by atoms with Gasteiger partial charge in [-0.1, -0.05) is 0 Å². The maximum absolute atomic E-state index is 11.8. The average molecular weight is 246 g/mol. The molecule has 1 saturated heterocycles. The van der Waals surface area contributed by atoms with Crippen molar-refractivity contribution in [2.75, 3.05) is 26.9 Å². The number of carbonyl (C=O) groups excluding carboxylic acids is 1. The molecule has 17 heavy (non-hydrogen) atoms. The third-order valence-electron chi connectivity index (χ3n) is 2.85. The van der Waals surface area contributed by atoms with Crippen LogP contribution in [0, 0.1) is 0 Å². The fourth-order valence-corrected chi connectivity index (χ4v) is 1.60. The van der Waals surface area contributed by atoms with Gasteiger partial charge in [-0.15, -0.1) is 0 Å². The molecule has 1 atom stereocenters. The number of carboxylic acids is 1. The van der Waals surface area contributed by atoms with E-state index in [1.165, 1.54) is 7.11 Å². The van der Waals surface area contributed by atoms with Crippen molar-refractivity contribution >= 4 is 11.9 Å². The number of methoxy groups -OCH3 is 1. The third kappa shape index (κ3) is 3.65. The fraction of sp³-hybridized carbons (Fsp3) is 0.800. The Bertz CT molecular complexity index is 288. The van der Waals surface area contributed by atoms with Crippen LogP contribution >= 0.6 is 0 Å². The molecule has 0 aromatic heterocycles. The summed E-state index contributed by atoms with van der Waals surface area (Å²) in [6.07, 6.45) is -0.185. The van der Waals surface area contributed by atoms with Crippen molar-refractivity contribution < 1.29 is 24.2 Å². The molecule has 1 amide bonds. The average Bonchev–Trinajstić information content (AvgIpc) is 2.30. The summed E-state index contributed by atoms with van der Waals surface area (Å²) >= 11 is 0. The topological polar surface area (TPSA) is 111 Å². The van der Waals surface area contributed by atoms with E-state index >= 15 is 0 Å². The lowest BCUT2D eigenvalue weighted by Gasteiger charge is -2.32. The summed E-state index contributed by atoms with van der Waals surface area (Å²) in [5.74, 6) is -1.48. The molecule has 7 heteroatoms. The molecule has 1 rings (SSSR count). The van der Waals surface area contributed by atoms with E-state index in [9.17, 15) is 9.59 Å². The van der Waals surface area contributed by atoms with Crippen molar-refractivity contribution in [3.05, 3.63) is 0 Å². The standard InChI is InChI=1S/C10H18N2O5/c1-16-7(8(13)14)6-12-9(15)10(11)2-4-17-5-3-10/h7H,2-6,11H2,1H3,(H,12,15)(H,13,14). The number of nitrogens with one attached hydrogen (secondary N) is 1. The van der Waals surface area contributed by atoms with Gasteiger partial charge >= 0.3 is 5.97 Å². The molecule has 0 aromatic rings. The molecule has 1 heterocycles. The van der Waals surface area contributed by atoms with Crippen LogP contribution in [0.15, 0.2) is 0 Å². The number of carboxylic acid groups (broad SMARTS) is 1. The molecule has 1 unspecified atom stereocenters. The predicted octanol–water partition coefficient (Wildman–Crippen LogP) is -1.29. The number of rotatable bonds is 5. The minimum absolute atomic E-state index is 0.0928. The van der Waals surface area contributed by atoms with E-state index in [1.807, 2.05) is 0 Å². The van der Waals surface area contributed by atoms with Gasteiger partial charge in [-0.3, -0.25) is 4.79 Å². The van der Waals surface area contributed by atoms with E-state index in [0.717, 1.165) is 0 Å². The second-order valence-electron chi connectivity index (χ2n) is 4.04. The summed E-state index contributed by atoms with van der Waals surface area (Å²) in [6.45, 7) is 0.789. The Balaban J connectivity index is 2.45. The lowest BCUT2D eigenvalue weighted by molar-refractivity contribution is -0.148. The van der Waals surface area contributed by atoms with Gasteiger partial charge in [0.15, 0.2) is 6.10 Å². The lowest BCUT2D eigenvalue weighted by atomic mass is 9.90. The molecule has 0 aliphatic carbocycles. The first kappa shape index (κ1) is 13.9. The number of ether oxygens (including phenoxy) is 2. The zero-order chi connectivity index (χ0) is 12.9. The molecule has 0 radical (unpaired) electrons. The maximum Gasteiger partial charge on any atom is 0.334 e. The van der Waals surface area contributed by atoms with Gasteiger partial charge in [0, 0.05) is 20.3 Å². The van der Waals surface area contributed by atoms with Gasteiger partial charge in [-0.25, -0.2) is 4.79 Å². The van der Waals surface area contributed by atoms with Gasteiger partial charge in [-0.05, 0) is 12.8 Å². The maximum atomic E-state index is 11.8. The van der Waals surface area contributed by atoms with Crippen molar-refractivity contribution in [2.24, 2.45) is 5.73 Å². The monoisotopic (exact) mass is 246 g/mol. The third-order valence-corrected chi connectivity index (χ3v) is 2.85. The van der Waals surface area contributed by atoms with Crippen LogP contribution in [-0.4, -0.2) is 55.5 Å². The fourth-order valence-electron chi connectivity index (χ4n) is 1.60. The second-order valence-corrected chi connectivity index (χ2v) is 4.04. The molecule has 0 bridgehead atoms. The molecule has 1 aliphatic rings. The van der Waals surface area contributed by atoms with Crippen LogP contribution in [0.4, 0.5) is 0 Å². The molecular formula is C10H18N2O5. The van der Waals surface area contributed by atoms with E-state index in [4.69, 9.17) is 20.3 Å². The number of aliphatic carboxylic acids is 1. The molecule has 1 aliphatic heterocycles. The first-order chi connectivity index (χ1) is 7.99. The quantitative estimate of drug-likeness (QED) is 0.556.